The summed E-state index contributed by atoms with van der Waals surface area (Å²) < 4.78 is 0. The number of carboxylic acids is 2. The molecular weight excluding hydrogens is 238 g/mol. The van der Waals surface area contributed by atoms with E-state index in [4.69, 9.17) is 21.7 Å². The van der Waals surface area contributed by atoms with Gasteiger partial charge in [-0.05, 0) is 12.1 Å². The summed E-state index contributed by atoms with van der Waals surface area (Å²) in [5.74, 6) is -2.05. The van der Waals surface area contributed by atoms with Crippen LogP contribution < -0.4 is 11.5 Å². The number of hydrogen-bond acceptors (Lipinski definition) is 5. The van der Waals surface area contributed by atoms with Gasteiger partial charge >= 0.3 is 11.9 Å². The van der Waals surface area contributed by atoms with Gasteiger partial charge in [0.2, 0.25) is 0 Å². The Morgan fingerprint density at radius 3 is 1.78 bits per heavy atom. The highest BCUT2D eigenvalue weighted by Gasteiger charge is 2.16. The smallest absolute Gasteiger partial charge is 0.305 e. The molecule has 0 aliphatic carbocycles. The monoisotopic (exact) mass is 253 g/mol. The molecule has 0 saturated carbocycles. The molecule has 1 aromatic rings. The average molecular weight is 253 g/mol. The SMILES string of the molecule is NC(CC(=O)O)c1cccc(C(N)CC(=O)O)n1. The minimum absolute atomic E-state index is 0.245. The van der Waals surface area contributed by atoms with Crippen LogP contribution in [0.5, 0.6) is 0 Å². The van der Waals surface area contributed by atoms with Crippen LogP contribution in [0.4, 0.5) is 0 Å². The maximum atomic E-state index is 10.5. The summed E-state index contributed by atoms with van der Waals surface area (Å²) >= 11 is 0. The van der Waals surface area contributed by atoms with Gasteiger partial charge in [0.15, 0.2) is 0 Å². The third-order valence-corrected chi connectivity index (χ3v) is 2.34. The first-order chi connectivity index (χ1) is 8.40. The van der Waals surface area contributed by atoms with E-state index < -0.39 is 24.0 Å². The highest BCUT2D eigenvalue weighted by atomic mass is 16.4. The summed E-state index contributed by atoms with van der Waals surface area (Å²) in [6, 6.07) is 3.33. The Morgan fingerprint density at radius 1 is 1.06 bits per heavy atom. The molecule has 0 radical (unpaired) electrons. The van der Waals surface area contributed by atoms with Gasteiger partial charge in [0, 0.05) is 0 Å². The van der Waals surface area contributed by atoms with E-state index >= 15 is 0 Å². The second-order valence-corrected chi connectivity index (χ2v) is 3.90. The van der Waals surface area contributed by atoms with E-state index in [2.05, 4.69) is 4.98 Å². The molecule has 0 spiro atoms. The van der Waals surface area contributed by atoms with Crippen molar-refractivity contribution >= 4 is 11.9 Å². The fraction of sp³-hybridized carbons (Fsp3) is 0.364. The van der Waals surface area contributed by atoms with Gasteiger partial charge in [-0.25, -0.2) is 0 Å². The Balaban J connectivity index is 2.84. The van der Waals surface area contributed by atoms with Crippen molar-refractivity contribution in [1.82, 2.24) is 4.98 Å². The van der Waals surface area contributed by atoms with E-state index in [9.17, 15) is 9.59 Å². The van der Waals surface area contributed by atoms with Crippen molar-refractivity contribution < 1.29 is 19.8 Å². The van der Waals surface area contributed by atoms with E-state index in [0.29, 0.717) is 11.4 Å². The number of pyridine rings is 1. The molecule has 2 unspecified atom stereocenters. The summed E-state index contributed by atoms with van der Waals surface area (Å²) in [4.78, 5) is 25.2. The first-order valence-corrected chi connectivity index (χ1v) is 5.31. The molecule has 1 heterocycles. The second kappa shape index (κ2) is 6.08. The van der Waals surface area contributed by atoms with E-state index in [0.717, 1.165) is 0 Å². The molecule has 18 heavy (non-hydrogen) atoms. The van der Waals surface area contributed by atoms with Crippen molar-refractivity contribution in [3.8, 4) is 0 Å². The van der Waals surface area contributed by atoms with Crippen LogP contribution >= 0.6 is 0 Å². The van der Waals surface area contributed by atoms with E-state index in [1.807, 2.05) is 0 Å². The summed E-state index contributed by atoms with van der Waals surface area (Å²) in [6.45, 7) is 0. The van der Waals surface area contributed by atoms with Gasteiger partial charge < -0.3 is 21.7 Å². The molecular formula is C11H15N3O4. The molecule has 1 rings (SSSR count). The Bertz CT molecular complexity index is 412. The van der Waals surface area contributed by atoms with Crippen LogP contribution in [0.2, 0.25) is 0 Å². The highest BCUT2D eigenvalue weighted by molar-refractivity contribution is 5.68. The van der Waals surface area contributed by atoms with Crippen molar-refractivity contribution in [2.75, 3.05) is 0 Å². The van der Waals surface area contributed by atoms with Crippen molar-refractivity contribution in [2.24, 2.45) is 11.5 Å². The number of aliphatic carboxylic acids is 2. The maximum absolute atomic E-state index is 10.5. The van der Waals surface area contributed by atoms with Crippen LogP contribution in [-0.4, -0.2) is 27.1 Å². The Labute approximate surface area is 103 Å². The summed E-state index contributed by atoms with van der Waals surface area (Å²) in [7, 11) is 0. The van der Waals surface area contributed by atoms with Gasteiger partial charge in [0.1, 0.15) is 0 Å². The fourth-order valence-electron chi connectivity index (χ4n) is 1.47. The van der Waals surface area contributed by atoms with E-state index in [-0.39, 0.29) is 12.8 Å². The van der Waals surface area contributed by atoms with Crippen LogP contribution in [0.15, 0.2) is 18.2 Å². The lowest BCUT2D eigenvalue weighted by molar-refractivity contribution is -0.138. The van der Waals surface area contributed by atoms with Crippen molar-refractivity contribution in [2.45, 2.75) is 24.9 Å². The number of nitrogens with two attached hydrogens (primary N) is 2. The summed E-state index contributed by atoms with van der Waals surface area (Å²) in [6.07, 6.45) is -0.491. The average Bonchev–Trinajstić information content (AvgIpc) is 2.27. The Morgan fingerprint density at radius 2 is 1.44 bits per heavy atom. The molecule has 0 amide bonds. The zero-order valence-electron chi connectivity index (χ0n) is 9.61. The largest absolute Gasteiger partial charge is 0.481 e. The Hall–Kier alpha value is -1.99. The molecule has 0 aliphatic rings. The number of carbonyl (C=O) groups is 2. The molecule has 7 heteroatoms. The minimum Gasteiger partial charge on any atom is -0.481 e. The molecule has 0 aliphatic heterocycles. The first-order valence-electron chi connectivity index (χ1n) is 5.31. The van der Waals surface area contributed by atoms with Gasteiger partial charge in [-0.3, -0.25) is 14.6 Å². The molecule has 0 fully saturated rings. The van der Waals surface area contributed by atoms with Crippen LogP contribution in [0, 0.1) is 0 Å². The maximum Gasteiger partial charge on any atom is 0.305 e. The molecule has 0 bridgehead atoms. The predicted octanol–water partition coefficient (Wildman–Crippen LogP) is 0.0306. The van der Waals surface area contributed by atoms with E-state index in [1.54, 1.807) is 18.2 Å². The molecule has 0 aromatic carbocycles. The normalized spacial score (nSPS) is 13.9. The van der Waals surface area contributed by atoms with Gasteiger partial charge in [-0.2, -0.15) is 0 Å². The quantitative estimate of drug-likeness (QED) is 0.560. The van der Waals surface area contributed by atoms with Gasteiger partial charge in [-0.1, -0.05) is 6.07 Å². The standard InChI is InChI=1S/C11H15N3O4/c12-6(4-10(15)16)8-2-1-3-9(14-8)7(13)5-11(17)18/h1-3,6-7H,4-5,12-13H2,(H,15,16)(H,17,18). The molecule has 7 nitrogen and oxygen atoms in total. The van der Waals surface area contributed by atoms with Crippen LogP contribution in [0.25, 0.3) is 0 Å². The summed E-state index contributed by atoms with van der Waals surface area (Å²) in [5.41, 5.74) is 12.1. The number of aromatic nitrogens is 1. The number of rotatable bonds is 6. The molecule has 2 atom stereocenters. The third-order valence-electron chi connectivity index (χ3n) is 2.34. The van der Waals surface area contributed by atoms with Crippen LogP contribution in [0.1, 0.15) is 36.3 Å². The van der Waals surface area contributed by atoms with Crippen LogP contribution in [0.3, 0.4) is 0 Å². The second-order valence-electron chi connectivity index (χ2n) is 3.90. The van der Waals surface area contributed by atoms with Crippen LogP contribution in [-0.2, 0) is 9.59 Å². The minimum atomic E-state index is -1.02. The molecule has 6 N–H and O–H groups in total. The third kappa shape index (κ3) is 4.11. The first kappa shape index (κ1) is 14.1. The van der Waals surface area contributed by atoms with Crippen molar-refractivity contribution in [3.63, 3.8) is 0 Å². The Kier molecular flexibility index (Phi) is 4.75. The molecule has 1 aromatic heterocycles. The summed E-state index contributed by atoms with van der Waals surface area (Å²) in [5, 5.41) is 17.3. The fourth-order valence-corrected chi connectivity index (χ4v) is 1.47. The lowest BCUT2D eigenvalue weighted by Crippen LogP contribution is -2.20. The predicted molar refractivity (Wildman–Crippen MR) is 62.6 cm³/mol. The highest BCUT2D eigenvalue weighted by Crippen LogP contribution is 2.16. The lowest BCUT2D eigenvalue weighted by atomic mass is 10.1. The van der Waals surface area contributed by atoms with Crippen molar-refractivity contribution in [1.29, 1.82) is 0 Å². The lowest BCUT2D eigenvalue weighted by Gasteiger charge is -2.13. The zero-order valence-corrected chi connectivity index (χ0v) is 9.61. The van der Waals surface area contributed by atoms with Gasteiger partial charge in [0.05, 0.1) is 36.3 Å². The van der Waals surface area contributed by atoms with Gasteiger partial charge in [0.25, 0.3) is 0 Å². The number of nitrogens with zero attached hydrogens (tertiary/aromatic N) is 1. The van der Waals surface area contributed by atoms with E-state index in [1.165, 1.54) is 0 Å². The zero-order chi connectivity index (χ0) is 13.7. The van der Waals surface area contributed by atoms with Crippen molar-refractivity contribution in [3.05, 3.63) is 29.6 Å². The topological polar surface area (TPSA) is 140 Å². The van der Waals surface area contributed by atoms with Gasteiger partial charge in [-0.15, -0.1) is 0 Å². The number of hydrogen-bond donors (Lipinski definition) is 4. The molecule has 98 valence electrons. The number of carboxylic acid groups (broad SMARTS) is 2. The molecule has 0 saturated heterocycles.